The Kier molecular flexibility index (Phi) is 5.38. The molecule has 0 fully saturated rings. The van der Waals surface area contributed by atoms with E-state index in [1.54, 1.807) is 6.20 Å². The number of ether oxygens (including phenoxy) is 2. The minimum Gasteiger partial charge on any atom is -0.494 e. The Labute approximate surface area is 147 Å². The Balaban J connectivity index is 1.60. The zero-order chi connectivity index (χ0) is 17.6. The van der Waals surface area contributed by atoms with E-state index < -0.39 is 0 Å². The van der Waals surface area contributed by atoms with Crippen molar-refractivity contribution in [3.8, 4) is 11.5 Å². The van der Waals surface area contributed by atoms with E-state index in [9.17, 15) is 4.79 Å². The van der Waals surface area contributed by atoms with Crippen molar-refractivity contribution in [3.63, 3.8) is 0 Å². The van der Waals surface area contributed by atoms with E-state index in [2.05, 4.69) is 15.6 Å². The summed E-state index contributed by atoms with van der Waals surface area (Å²) in [4.78, 5) is 16.2. The third kappa shape index (κ3) is 4.41. The highest BCUT2D eigenvalue weighted by atomic mass is 16.5. The number of amides is 2. The number of nitrogens with one attached hydrogen (secondary N) is 2. The largest absolute Gasteiger partial charge is 0.494 e. The van der Waals surface area contributed by atoms with E-state index in [1.807, 2.05) is 44.2 Å². The average molecular weight is 341 g/mol. The molecule has 0 spiro atoms. The van der Waals surface area contributed by atoms with Crippen molar-refractivity contribution in [2.75, 3.05) is 6.61 Å². The number of urea groups is 1. The summed E-state index contributed by atoms with van der Waals surface area (Å²) in [5, 5.41) is 5.65. The third-order valence-corrected chi connectivity index (χ3v) is 3.97. The number of nitrogens with zero attached hydrogens (tertiary/aromatic N) is 1. The standard InChI is InChI=1S/C19H23N3O3/c1-3-24-17-9-14-8-13(2)25-18(14)10-15(17)11-21-19(23)22-12-16-6-4-5-7-20-16/h4-7,9-10,13H,3,8,11-12H2,1-2H3,(H2,21,22,23)/t13-/m0/s1. The lowest BCUT2D eigenvalue weighted by Gasteiger charge is -2.13. The Morgan fingerprint density at radius 1 is 1.32 bits per heavy atom. The molecular formula is C19H23N3O3. The van der Waals surface area contributed by atoms with E-state index in [4.69, 9.17) is 9.47 Å². The molecule has 0 bridgehead atoms. The summed E-state index contributed by atoms with van der Waals surface area (Å²) in [6.07, 6.45) is 2.76. The molecule has 3 rings (SSSR count). The van der Waals surface area contributed by atoms with E-state index in [-0.39, 0.29) is 12.1 Å². The first-order valence-corrected chi connectivity index (χ1v) is 8.52. The Hall–Kier alpha value is -2.76. The third-order valence-electron chi connectivity index (χ3n) is 3.97. The zero-order valence-corrected chi connectivity index (χ0v) is 14.5. The topological polar surface area (TPSA) is 72.5 Å². The molecule has 0 saturated heterocycles. The quantitative estimate of drug-likeness (QED) is 0.847. The van der Waals surface area contributed by atoms with Gasteiger partial charge in [0.1, 0.15) is 17.6 Å². The zero-order valence-electron chi connectivity index (χ0n) is 14.5. The molecule has 1 aliphatic rings. The van der Waals surface area contributed by atoms with Crippen LogP contribution >= 0.6 is 0 Å². The second-order valence-corrected chi connectivity index (χ2v) is 5.99. The molecule has 0 aliphatic carbocycles. The van der Waals surface area contributed by atoms with Crippen LogP contribution in [0.5, 0.6) is 11.5 Å². The van der Waals surface area contributed by atoms with Crippen LogP contribution in [0.4, 0.5) is 4.79 Å². The van der Waals surface area contributed by atoms with E-state index in [0.29, 0.717) is 19.7 Å². The van der Waals surface area contributed by atoms with Crippen LogP contribution in [0.15, 0.2) is 36.5 Å². The summed E-state index contributed by atoms with van der Waals surface area (Å²) in [5.74, 6) is 1.67. The van der Waals surface area contributed by atoms with Gasteiger partial charge in [-0.2, -0.15) is 0 Å². The van der Waals surface area contributed by atoms with E-state index in [1.165, 1.54) is 0 Å². The molecule has 1 atom stereocenters. The molecule has 2 N–H and O–H groups in total. The lowest BCUT2D eigenvalue weighted by molar-refractivity contribution is 0.239. The second kappa shape index (κ2) is 7.88. The molecule has 0 radical (unpaired) electrons. The molecule has 0 unspecified atom stereocenters. The normalized spacial score (nSPS) is 15.2. The van der Waals surface area contributed by atoms with Gasteiger partial charge in [0, 0.05) is 30.3 Å². The Bertz CT molecular complexity index is 734. The van der Waals surface area contributed by atoms with Gasteiger partial charge in [-0.15, -0.1) is 0 Å². The van der Waals surface area contributed by atoms with Crippen molar-refractivity contribution in [1.29, 1.82) is 0 Å². The van der Waals surface area contributed by atoms with Gasteiger partial charge in [-0.25, -0.2) is 4.79 Å². The van der Waals surface area contributed by atoms with Gasteiger partial charge in [0.05, 0.1) is 18.8 Å². The first-order valence-electron chi connectivity index (χ1n) is 8.52. The van der Waals surface area contributed by atoms with Crippen molar-refractivity contribution >= 4 is 6.03 Å². The molecule has 25 heavy (non-hydrogen) atoms. The maximum Gasteiger partial charge on any atom is 0.315 e. The second-order valence-electron chi connectivity index (χ2n) is 5.99. The molecule has 6 heteroatoms. The smallest absolute Gasteiger partial charge is 0.315 e. The highest BCUT2D eigenvalue weighted by molar-refractivity contribution is 5.73. The summed E-state index contributed by atoms with van der Waals surface area (Å²) in [5.41, 5.74) is 2.87. The average Bonchev–Trinajstić information content (AvgIpc) is 2.98. The molecule has 6 nitrogen and oxygen atoms in total. The van der Waals surface area contributed by atoms with Gasteiger partial charge in [-0.1, -0.05) is 6.07 Å². The van der Waals surface area contributed by atoms with Gasteiger partial charge in [-0.05, 0) is 38.1 Å². The maximum absolute atomic E-state index is 12.0. The molecule has 1 aliphatic heterocycles. The van der Waals surface area contributed by atoms with Crippen molar-refractivity contribution in [2.24, 2.45) is 0 Å². The fourth-order valence-corrected chi connectivity index (χ4v) is 2.82. The highest BCUT2D eigenvalue weighted by Crippen LogP contribution is 2.35. The van der Waals surface area contributed by atoms with Crippen LogP contribution in [-0.2, 0) is 19.5 Å². The first-order chi connectivity index (χ1) is 12.2. The molecule has 132 valence electrons. The number of hydrogen-bond acceptors (Lipinski definition) is 4. The predicted molar refractivity (Wildman–Crippen MR) is 94.7 cm³/mol. The van der Waals surface area contributed by atoms with Crippen LogP contribution in [-0.4, -0.2) is 23.7 Å². The van der Waals surface area contributed by atoms with Gasteiger partial charge < -0.3 is 20.1 Å². The van der Waals surface area contributed by atoms with Crippen LogP contribution in [0.2, 0.25) is 0 Å². The van der Waals surface area contributed by atoms with Gasteiger partial charge >= 0.3 is 6.03 Å². The maximum atomic E-state index is 12.0. The van der Waals surface area contributed by atoms with Crippen LogP contribution < -0.4 is 20.1 Å². The number of aromatic nitrogens is 1. The van der Waals surface area contributed by atoms with Crippen molar-refractivity contribution in [3.05, 3.63) is 53.3 Å². The first kappa shape index (κ1) is 17.1. The summed E-state index contributed by atoms with van der Waals surface area (Å²) >= 11 is 0. The number of rotatable bonds is 6. The fraction of sp³-hybridized carbons (Fsp3) is 0.368. The number of carbonyl (C=O) groups is 1. The van der Waals surface area contributed by atoms with Crippen LogP contribution in [0.25, 0.3) is 0 Å². The molecule has 1 aromatic carbocycles. The SMILES string of the molecule is CCOc1cc2c(cc1CNC(=O)NCc1ccccn1)O[C@@H](C)C2. The minimum atomic E-state index is -0.247. The number of benzene rings is 1. The lowest BCUT2D eigenvalue weighted by Crippen LogP contribution is -2.34. The fourth-order valence-electron chi connectivity index (χ4n) is 2.82. The molecule has 2 heterocycles. The lowest BCUT2D eigenvalue weighted by atomic mass is 10.1. The molecule has 2 aromatic rings. The van der Waals surface area contributed by atoms with Gasteiger partial charge in [0.15, 0.2) is 0 Å². The number of pyridine rings is 1. The van der Waals surface area contributed by atoms with Gasteiger partial charge in [0.2, 0.25) is 0 Å². The molecular weight excluding hydrogens is 318 g/mol. The number of fused-ring (bicyclic) bond motifs is 1. The van der Waals surface area contributed by atoms with Gasteiger partial charge in [0.25, 0.3) is 0 Å². The van der Waals surface area contributed by atoms with E-state index in [0.717, 1.165) is 34.7 Å². The number of carbonyl (C=O) groups excluding carboxylic acids is 1. The van der Waals surface area contributed by atoms with Crippen LogP contribution in [0, 0.1) is 0 Å². The Morgan fingerprint density at radius 3 is 2.92 bits per heavy atom. The van der Waals surface area contributed by atoms with Crippen LogP contribution in [0.3, 0.4) is 0 Å². The highest BCUT2D eigenvalue weighted by Gasteiger charge is 2.22. The molecule has 2 amide bonds. The summed E-state index contributed by atoms with van der Waals surface area (Å²) in [6, 6.07) is 9.33. The van der Waals surface area contributed by atoms with Crippen molar-refractivity contribution in [1.82, 2.24) is 15.6 Å². The molecule has 0 saturated carbocycles. The predicted octanol–water partition coefficient (Wildman–Crippen LogP) is 2.80. The summed E-state index contributed by atoms with van der Waals surface area (Å²) in [7, 11) is 0. The van der Waals surface area contributed by atoms with E-state index >= 15 is 0 Å². The van der Waals surface area contributed by atoms with Crippen molar-refractivity contribution in [2.45, 2.75) is 39.5 Å². The number of hydrogen-bond donors (Lipinski definition) is 2. The monoisotopic (exact) mass is 341 g/mol. The minimum absolute atomic E-state index is 0.175. The van der Waals surface area contributed by atoms with Crippen molar-refractivity contribution < 1.29 is 14.3 Å². The summed E-state index contributed by atoms with van der Waals surface area (Å²) < 4.78 is 11.5. The Morgan fingerprint density at radius 2 is 2.16 bits per heavy atom. The van der Waals surface area contributed by atoms with Crippen LogP contribution in [0.1, 0.15) is 30.7 Å². The molecule has 1 aromatic heterocycles. The van der Waals surface area contributed by atoms with Gasteiger partial charge in [-0.3, -0.25) is 4.98 Å². The summed E-state index contributed by atoms with van der Waals surface area (Å²) in [6.45, 7) is 5.32.